The first-order valence-corrected chi connectivity index (χ1v) is 5.41. The molecule has 0 aromatic carbocycles. The third kappa shape index (κ3) is 3.96. The number of aliphatic hydroxyl groups excluding tert-OH is 1. The van der Waals surface area contributed by atoms with Crippen LogP contribution >= 0.6 is 0 Å². The first-order valence-electron chi connectivity index (χ1n) is 5.41. The van der Waals surface area contributed by atoms with Gasteiger partial charge in [0.05, 0.1) is 31.8 Å². The number of hydrogen-bond donors (Lipinski definition) is 1. The zero-order chi connectivity index (χ0) is 11.1. The molecule has 1 rings (SSSR count). The first kappa shape index (κ1) is 12.1. The lowest BCUT2D eigenvalue weighted by atomic mass is 9.79. The minimum absolute atomic E-state index is 0.191. The van der Waals surface area contributed by atoms with Crippen molar-refractivity contribution < 1.29 is 14.6 Å². The maximum Gasteiger partial charge on any atom is 0.0906 e. The van der Waals surface area contributed by atoms with E-state index in [9.17, 15) is 5.11 Å². The summed E-state index contributed by atoms with van der Waals surface area (Å²) in [6.45, 7) is 8.33. The van der Waals surface area contributed by atoms with Crippen LogP contribution in [0.5, 0.6) is 0 Å². The van der Waals surface area contributed by atoms with Gasteiger partial charge in [-0.25, -0.2) is 0 Å². The Labute approximate surface area is 91.4 Å². The molecule has 0 amide bonds. The minimum atomic E-state index is -0.191. The largest absolute Gasteiger partial charge is 0.502 e. The van der Waals surface area contributed by atoms with Gasteiger partial charge in [-0.05, 0) is 25.2 Å². The maximum absolute atomic E-state index is 9.58. The van der Waals surface area contributed by atoms with E-state index in [-0.39, 0.29) is 6.10 Å². The molecule has 3 nitrogen and oxygen atoms in total. The lowest BCUT2D eigenvalue weighted by Crippen LogP contribution is -2.32. The average molecular weight is 212 g/mol. The van der Waals surface area contributed by atoms with Crippen LogP contribution in [0.15, 0.2) is 25.7 Å². The number of hydrogen-bond acceptors (Lipinski definition) is 3. The molecule has 0 spiro atoms. The van der Waals surface area contributed by atoms with Gasteiger partial charge in [0, 0.05) is 5.92 Å². The number of rotatable bonds is 6. The molecule has 0 heterocycles. The van der Waals surface area contributed by atoms with Crippen molar-refractivity contribution in [3.63, 3.8) is 0 Å². The van der Waals surface area contributed by atoms with E-state index in [1.165, 1.54) is 12.5 Å². The Bertz CT molecular complexity index is 203. The lowest BCUT2D eigenvalue weighted by molar-refractivity contribution is 0.0131. The van der Waals surface area contributed by atoms with Crippen molar-refractivity contribution in [3.05, 3.63) is 25.7 Å². The van der Waals surface area contributed by atoms with Gasteiger partial charge in [-0.3, -0.25) is 0 Å². The van der Waals surface area contributed by atoms with E-state index in [1.807, 2.05) is 0 Å². The van der Waals surface area contributed by atoms with Gasteiger partial charge in [0.2, 0.25) is 0 Å². The summed E-state index contributed by atoms with van der Waals surface area (Å²) in [6, 6.07) is 0. The Hall–Kier alpha value is -0.960. The van der Waals surface area contributed by atoms with Gasteiger partial charge in [-0.15, -0.1) is 0 Å². The molecule has 1 fully saturated rings. The normalized spacial score (nSPS) is 30.6. The molecule has 0 saturated heterocycles. The Kier molecular flexibility index (Phi) is 5.26. The summed E-state index contributed by atoms with van der Waals surface area (Å²) in [4.78, 5) is 0. The Balaban J connectivity index is 2.41. The van der Waals surface area contributed by atoms with Gasteiger partial charge < -0.3 is 14.6 Å². The second-order valence-electron chi connectivity index (χ2n) is 3.99. The van der Waals surface area contributed by atoms with E-state index in [4.69, 9.17) is 9.47 Å². The van der Waals surface area contributed by atoms with Crippen LogP contribution in [0.4, 0.5) is 0 Å². The van der Waals surface area contributed by atoms with Crippen molar-refractivity contribution >= 4 is 0 Å². The van der Waals surface area contributed by atoms with E-state index in [0.717, 1.165) is 19.3 Å². The highest BCUT2D eigenvalue weighted by atomic mass is 16.5. The van der Waals surface area contributed by atoms with E-state index >= 15 is 0 Å². The van der Waals surface area contributed by atoms with Crippen LogP contribution in [0.25, 0.3) is 0 Å². The van der Waals surface area contributed by atoms with Crippen molar-refractivity contribution in [2.45, 2.75) is 25.4 Å². The summed E-state index contributed by atoms with van der Waals surface area (Å²) < 4.78 is 10.4. The molecule has 3 atom stereocenters. The minimum Gasteiger partial charge on any atom is -0.502 e. The van der Waals surface area contributed by atoms with Crippen molar-refractivity contribution in [2.75, 3.05) is 13.2 Å². The fourth-order valence-electron chi connectivity index (χ4n) is 2.11. The molecule has 1 aliphatic carbocycles. The topological polar surface area (TPSA) is 38.7 Å². The number of ether oxygens (including phenoxy) is 2. The lowest BCUT2D eigenvalue weighted by Gasteiger charge is -2.33. The summed E-state index contributed by atoms with van der Waals surface area (Å²) >= 11 is 0. The van der Waals surface area contributed by atoms with Gasteiger partial charge in [-0.1, -0.05) is 13.2 Å². The second kappa shape index (κ2) is 6.51. The Morgan fingerprint density at radius 2 is 1.67 bits per heavy atom. The van der Waals surface area contributed by atoms with E-state index < -0.39 is 0 Å². The van der Waals surface area contributed by atoms with Crippen molar-refractivity contribution in [1.82, 2.24) is 0 Å². The SMILES string of the molecule is C=COCC1CC[C@@H](O)CC1COC=C. The summed E-state index contributed by atoms with van der Waals surface area (Å²) in [5.74, 6) is 0.804. The quantitative estimate of drug-likeness (QED) is 0.685. The van der Waals surface area contributed by atoms with Crippen LogP contribution in [0.2, 0.25) is 0 Å². The molecule has 2 unspecified atom stereocenters. The molecule has 1 saturated carbocycles. The fourth-order valence-corrected chi connectivity index (χ4v) is 2.11. The predicted molar refractivity (Wildman–Crippen MR) is 59.1 cm³/mol. The second-order valence-corrected chi connectivity index (χ2v) is 3.99. The molecule has 0 radical (unpaired) electrons. The van der Waals surface area contributed by atoms with Crippen molar-refractivity contribution in [2.24, 2.45) is 11.8 Å². The molecular weight excluding hydrogens is 192 g/mol. The molecular formula is C12H20O3. The summed E-state index contributed by atoms with van der Waals surface area (Å²) in [6.07, 6.45) is 5.36. The first-order chi connectivity index (χ1) is 7.27. The molecule has 15 heavy (non-hydrogen) atoms. The van der Waals surface area contributed by atoms with Gasteiger partial charge in [0.25, 0.3) is 0 Å². The summed E-state index contributed by atoms with van der Waals surface area (Å²) in [5, 5.41) is 9.58. The fraction of sp³-hybridized carbons (Fsp3) is 0.667. The van der Waals surface area contributed by atoms with Crippen LogP contribution in [0.1, 0.15) is 19.3 Å². The van der Waals surface area contributed by atoms with Gasteiger partial charge in [0.15, 0.2) is 0 Å². The molecule has 0 bridgehead atoms. The van der Waals surface area contributed by atoms with Crippen LogP contribution in [-0.2, 0) is 9.47 Å². The van der Waals surface area contributed by atoms with E-state index in [2.05, 4.69) is 13.2 Å². The highest BCUT2D eigenvalue weighted by molar-refractivity contribution is 4.80. The summed E-state index contributed by atoms with van der Waals surface area (Å²) in [5.41, 5.74) is 0. The van der Waals surface area contributed by atoms with Gasteiger partial charge in [-0.2, -0.15) is 0 Å². The third-order valence-corrected chi connectivity index (χ3v) is 2.97. The van der Waals surface area contributed by atoms with Gasteiger partial charge in [0.1, 0.15) is 0 Å². The molecule has 0 aromatic rings. The van der Waals surface area contributed by atoms with Crippen molar-refractivity contribution in [1.29, 1.82) is 0 Å². The monoisotopic (exact) mass is 212 g/mol. The molecule has 1 N–H and O–H groups in total. The molecule has 0 aromatic heterocycles. The molecule has 86 valence electrons. The Morgan fingerprint density at radius 1 is 1.07 bits per heavy atom. The Morgan fingerprint density at radius 3 is 2.27 bits per heavy atom. The average Bonchev–Trinajstić information content (AvgIpc) is 2.25. The molecule has 1 aliphatic rings. The summed E-state index contributed by atoms with van der Waals surface area (Å²) in [7, 11) is 0. The standard InChI is InChI=1S/C12H20O3/c1-3-14-8-10-5-6-12(13)7-11(10)9-15-4-2/h3-4,10-13H,1-2,5-9H2/t10?,11?,12-/m1/s1. The van der Waals surface area contributed by atoms with Gasteiger partial charge >= 0.3 is 0 Å². The molecule has 3 heteroatoms. The van der Waals surface area contributed by atoms with Crippen LogP contribution in [-0.4, -0.2) is 24.4 Å². The van der Waals surface area contributed by atoms with Crippen LogP contribution in [0, 0.1) is 11.8 Å². The van der Waals surface area contributed by atoms with Crippen LogP contribution in [0.3, 0.4) is 0 Å². The smallest absolute Gasteiger partial charge is 0.0906 e. The van der Waals surface area contributed by atoms with E-state index in [0.29, 0.717) is 25.0 Å². The number of aliphatic hydroxyl groups is 1. The van der Waals surface area contributed by atoms with Crippen molar-refractivity contribution in [3.8, 4) is 0 Å². The zero-order valence-corrected chi connectivity index (χ0v) is 9.10. The van der Waals surface area contributed by atoms with E-state index in [1.54, 1.807) is 0 Å². The highest BCUT2D eigenvalue weighted by Crippen LogP contribution is 2.30. The maximum atomic E-state index is 9.58. The molecule has 0 aliphatic heterocycles. The predicted octanol–water partition coefficient (Wildman–Crippen LogP) is 2.08. The van der Waals surface area contributed by atoms with Crippen LogP contribution < -0.4 is 0 Å². The zero-order valence-electron chi connectivity index (χ0n) is 9.10. The highest BCUT2D eigenvalue weighted by Gasteiger charge is 2.30. The third-order valence-electron chi connectivity index (χ3n) is 2.97.